The second-order valence-corrected chi connectivity index (χ2v) is 9.85. The maximum Gasteiger partial charge on any atom is 0.511 e. The molecule has 1 aliphatic carbocycles. The van der Waals surface area contributed by atoms with E-state index < -0.39 is 15.5 Å². The number of halogens is 4. The molecule has 1 heterocycles. The average molecular weight is 554 g/mol. The van der Waals surface area contributed by atoms with Crippen LogP contribution in [0.15, 0.2) is 4.99 Å². The standard InChI is InChI=1S/C18H33F3N4O2S.HI/c1-3-14-4-6-15(7-5-14)12-23-17(22-2)24-13-16-8-10-25(11-9-16)28(26,27)18(19,20)21;/h14-16H,3-13H2,1-2H3,(H2,22,23,24);1H. The van der Waals surface area contributed by atoms with E-state index in [1.165, 1.54) is 32.1 Å². The first-order chi connectivity index (χ1) is 13.2. The van der Waals surface area contributed by atoms with Crippen molar-refractivity contribution >= 4 is 40.0 Å². The van der Waals surface area contributed by atoms with E-state index in [1.807, 2.05) is 0 Å². The lowest BCUT2D eigenvalue weighted by Gasteiger charge is -2.32. The van der Waals surface area contributed by atoms with E-state index in [9.17, 15) is 21.6 Å². The summed E-state index contributed by atoms with van der Waals surface area (Å²) in [6.07, 6.45) is 7.10. The zero-order valence-electron chi connectivity index (χ0n) is 17.2. The lowest BCUT2D eigenvalue weighted by Crippen LogP contribution is -2.47. The van der Waals surface area contributed by atoms with Gasteiger partial charge in [0.15, 0.2) is 5.96 Å². The van der Waals surface area contributed by atoms with E-state index in [0.29, 0.717) is 35.6 Å². The average Bonchev–Trinajstić information content (AvgIpc) is 2.68. The molecule has 11 heteroatoms. The molecule has 0 atom stereocenters. The Balaban J connectivity index is 0.00000420. The van der Waals surface area contributed by atoms with Crippen molar-refractivity contribution in [2.45, 2.75) is 57.4 Å². The molecule has 2 aliphatic rings. The highest BCUT2D eigenvalue weighted by Gasteiger charge is 2.50. The predicted octanol–water partition coefficient (Wildman–Crippen LogP) is 3.55. The van der Waals surface area contributed by atoms with E-state index in [-0.39, 0.29) is 43.0 Å². The molecule has 0 amide bonds. The maximum absolute atomic E-state index is 12.6. The summed E-state index contributed by atoms with van der Waals surface area (Å²) < 4.78 is 61.3. The Bertz CT molecular complexity index is 615. The molecule has 2 N–H and O–H groups in total. The highest BCUT2D eigenvalue weighted by Crippen LogP contribution is 2.31. The predicted molar refractivity (Wildman–Crippen MR) is 120 cm³/mol. The third kappa shape index (κ3) is 7.71. The van der Waals surface area contributed by atoms with Crippen molar-refractivity contribution in [3.05, 3.63) is 0 Å². The van der Waals surface area contributed by atoms with Crippen molar-refractivity contribution in [1.82, 2.24) is 14.9 Å². The van der Waals surface area contributed by atoms with Gasteiger partial charge in [-0.2, -0.15) is 17.5 Å². The Labute approximate surface area is 189 Å². The highest BCUT2D eigenvalue weighted by molar-refractivity contribution is 14.0. The quantitative estimate of drug-likeness (QED) is 0.300. The Morgan fingerprint density at radius 2 is 1.41 bits per heavy atom. The van der Waals surface area contributed by atoms with Gasteiger partial charge in [0.1, 0.15) is 0 Å². The third-order valence-corrected chi connectivity index (χ3v) is 7.72. The maximum atomic E-state index is 12.6. The second kappa shape index (κ2) is 11.9. The van der Waals surface area contributed by atoms with Crippen molar-refractivity contribution in [2.75, 3.05) is 33.2 Å². The Morgan fingerprint density at radius 1 is 0.966 bits per heavy atom. The largest absolute Gasteiger partial charge is 0.511 e. The van der Waals surface area contributed by atoms with Gasteiger partial charge >= 0.3 is 15.5 Å². The Morgan fingerprint density at radius 3 is 1.83 bits per heavy atom. The van der Waals surface area contributed by atoms with Crippen LogP contribution in [0.3, 0.4) is 0 Å². The number of hydrogen-bond acceptors (Lipinski definition) is 3. The van der Waals surface area contributed by atoms with E-state index in [1.54, 1.807) is 7.05 Å². The summed E-state index contributed by atoms with van der Waals surface area (Å²) in [7, 11) is -3.51. The number of guanidine groups is 1. The van der Waals surface area contributed by atoms with Crippen LogP contribution in [0.5, 0.6) is 0 Å². The number of nitrogens with one attached hydrogen (secondary N) is 2. The Hall–Kier alpha value is -0.300. The number of rotatable bonds is 6. The van der Waals surface area contributed by atoms with Gasteiger partial charge in [-0.15, -0.1) is 24.0 Å². The van der Waals surface area contributed by atoms with Gasteiger partial charge in [0, 0.05) is 33.2 Å². The lowest BCUT2D eigenvalue weighted by atomic mass is 9.81. The van der Waals surface area contributed by atoms with Crippen LogP contribution in [0.1, 0.15) is 51.9 Å². The first kappa shape index (κ1) is 26.7. The minimum Gasteiger partial charge on any atom is -0.356 e. The first-order valence-corrected chi connectivity index (χ1v) is 11.6. The number of aliphatic imine (C=N–C) groups is 1. The van der Waals surface area contributed by atoms with Crippen LogP contribution in [0, 0.1) is 17.8 Å². The minimum atomic E-state index is -5.22. The van der Waals surface area contributed by atoms with Gasteiger partial charge in [0.2, 0.25) is 0 Å². The first-order valence-electron chi connectivity index (χ1n) is 10.2. The van der Waals surface area contributed by atoms with E-state index in [2.05, 4.69) is 22.5 Å². The van der Waals surface area contributed by atoms with Gasteiger partial charge in [-0.1, -0.05) is 26.2 Å². The van der Waals surface area contributed by atoms with Gasteiger partial charge in [0.25, 0.3) is 0 Å². The van der Waals surface area contributed by atoms with Crippen LogP contribution in [0.2, 0.25) is 0 Å². The fraction of sp³-hybridized carbons (Fsp3) is 0.944. The Kier molecular flexibility index (Phi) is 11.0. The number of alkyl halides is 3. The summed E-state index contributed by atoms with van der Waals surface area (Å²) in [6, 6.07) is 0. The molecule has 0 aromatic rings. The van der Waals surface area contributed by atoms with Crippen LogP contribution in [0.4, 0.5) is 13.2 Å². The smallest absolute Gasteiger partial charge is 0.356 e. The summed E-state index contributed by atoms with van der Waals surface area (Å²) in [6.45, 7) is 3.50. The van der Waals surface area contributed by atoms with Gasteiger partial charge in [-0.25, -0.2) is 8.42 Å². The third-order valence-electron chi connectivity index (χ3n) is 6.09. The second-order valence-electron chi connectivity index (χ2n) is 7.92. The molecule has 1 aliphatic heterocycles. The normalized spacial score (nSPS) is 25.3. The zero-order valence-corrected chi connectivity index (χ0v) is 20.3. The van der Waals surface area contributed by atoms with Crippen LogP contribution >= 0.6 is 24.0 Å². The van der Waals surface area contributed by atoms with Crippen molar-refractivity contribution in [3.63, 3.8) is 0 Å². The van der Waals surface area contributed by atoms with Crippen LogP contribution < -0.4 is 10.6 Å². The molecule has 0 unspecified atom stereocenters. The molecule has 0 aromatic heterocycles. The molecule has 0 radical (unpaired) electrons. The summed E-state index contributed by atoms with van der Waals surface area (Å²) in [5.41, 5.74) is -5.22. The van der Waals surface area contributed by atoms with Gasteiger partial charge in [-0.3, -0.25) is 4.99 Å². The summed E-state index contributed by atoms with van der Waals surface area (Å²) >= 11 is 0. The fourth-order valence-electron chi connectivity index (χ4n) is 4.05. The van der Waals surface area contributed by atoms with E-state index in [4.69, 9.17) is 0 Å². The van der Waals surface area contributed by atoms with Crippen molar-refractivity contribution in [1.29, 1.82) is 0 Å². The summed E-state index contributed by atoms with van der Waals surface area (Å²) in [5, 5.41) is 6.58. The van der Waals surface area contributed by atoms with E-state index in [0.717, 1.165) is 12.5 Å². The summed E-state index contributed by atoms with van der Waals surface area (Å²) in [4.78, 5) is 4.21. The monoisotopic (exact) mass is 554 g/mol. The van der Waals surface area contributed by atoms with Crippen molar-refractivity contribution in [3.8, 4) is 0 Å². The summed E-state index contributed by atoms with van der Waals surface area (Å²) in [5.74, 6) is 2.33. The lowest BCUT2D eigenvalue weighted by molar-refractivity contribution is -0.0496. The molecule has 6 nitrogen and oxygen atoms in total. The SMILES string of the molecule is CCC1CCC(CNC(=NC)NCC2CCN(S(=O)(=O)C(F)(F)F)CC2)CC1.I. The molecule has 2 rings (SSSR count). The van der Waals surface area contributed by atoms with Crippen LogP contribution in [-0.2, 0) is 10.0 Å². The molecular formula is C18H34F3IN4O2S. The topological polar surface area (TPSA) is 73.8 Å². The zero-order chi connectivity index (χ0) is 20.8. The fourth-order valence-corrected chi connectivity index (χ4v) is 5.03. The molecule has 1 saturated carbocycles. The molecular weight excluding hydrogens is 520 g/mol. The van der Waals surface area contributed by atoms with Gasteiger partial charge < -0.3 is 10.6 Å². The van der Waals surface area contributed by atoms with E-state index >= 15 is 0 Å². The molecule has 2 fully saturated rings. The minimum absolute atomic E-state index is 0. The van der Waals surface area contributed by atoms with Crippen molar-refractivity contribution in [2.24, 2.45) is 22.7 Å². The highest BCUT2D eigenvalue weighted by atomic mass is 127. The number of hydrogen-bond donors (Lipinski definition) is 2. The molecule has 172 valence electrons. The number of sulfonamides is 1. The molecule has 0 spiro atoms. The number of piperidine rings is 1. The number of nitrogens with zero attached hydrogens (tertiary/aromatic N) is 2. The molecule has 0 bridgehead atoms. The van der Waals surface area contributed by atoms with Crippen LogP contribution in [-0.4, -0.2) is 57.4 Å². The van der Waals surface area contributed by atoms with Crippen molar-refractivity contribution < 1.29 is 21.6 Å². The molecule has 29 heavy (non-hydrogen) atoms. The van der Waals surface area contributed by atoms with Crippen LogP contribution in [0.25, 0.3) is 0 Å². The molecule has 1 saturated heterocycles. The van der Waals surface area contributed by atoms with Gasteiger partial charge in [0.05, 0.1) is 0 Å². The molecule has 0 aromatic carbocycles. The van der Waals surface area contributed by atoms with Gasteiger partial charge in [-0.05, 0) is 43.4 Å².